The van der Waals surface area contributed by atoms with Gasteiger partial charge in [0.05, 0.1) is 27.9 Å². The molecule has 1 fully saturated rings. The van der Waals surface area contributed by atoms with E-state index in [4.69, 9.17) is 10.6 Å². The number of thiazole rings is 1. The number of hydrogen-bond donors (Lipinski definition) is 2. The van der Waals surface area contributed by atoms with Crippen LogP contribution < -0.4 is 11.3 Å². The first-order valence-electron chi connectivity index (χ1n) is 6.76. The highest BCUT2D eigenvalue weighted by Crippen LogP contribution is 2.48. The Morgan fingerprint density at radius 1 is 1.37 bits per heavy atom. The van der Waals surface area contributed by atoms with Crippen LogP contribution in [0, 0.1) is 19.8 Å². The molecule has 0 aromatic carbocycles. The van der Waals surface area contributed by atoms with E-state index in [2.05, 4.69) is 45.0 Å². The zero-order chi connectivity index (χ0) is 14.4. The molecule has 2 atom stereocenters. The summed E-state index contributed by atoms with van der Waals surface area (Å²) in [5, 5.41) is 1.09. The van der Waals surface area contributed by atoms with Crippen LogP contribution in [0.15, 0.2) is 0 Å². The summed E-state index contributed by atoms with van der Waals surface area (Å²) in [5.74, 6) is 6.18. The minimum Gasteiger partial charge on any atom is -0.369 e. The van der Waals surface area contributed by atoms with Crippen LogP contribution in [0.25, 0.3) is 0 Å². The molecular weight excluding hydrogens is 258 g/mol. The van der Waals surface area contributed by atoms with Gasteiger partial charge in [0.2, 0.25) is 0 Å². The molecule has 1 aromatic heterocycles. The van der Waals surface area contributed by atoms with Crippen molar-refractivity contribution in [2.24, 2.45) is 11.8 Å². The lowest BCUT2D eigenvalue weighted by Crippen LogP contribution is -2.41. The number of aromatic nitrogens is 1. The summed E-state index contributed by atoms with van der Waals surface area (Å²) in [4.78, 5) is 5.75. The van der Waals surface area contributed by atoms with Gasteiger partial charge in [0.15, 0.2) is 0 Å². The number of nitrogens with two attached hydrogens (primary N) is 1. The third kappa shape index (κ3) is 2.84. The molecule has 0 saturated carbocycles. The number of nitrogens with one attached hydrogen (secondary N) is 1. The second kappa shape index (κ2) is 4.81. The van der Waals surface area contributed by atoms with Crippen molar-refractivity contribution >= 4 is 11.3 Å². The molecule has 2 rings (SSSR count). The number of hydrogen-bond acceptors (Lipinski definition) is 5. The maximum absolute atomic E-state index is 6.19. The van der Waals surface area contributed by atoms with Gasteiger partial charge >= 0.3 is 0 Å². The van der Waals surface area contributed by atoms with E-state index in [0.717, 1.165) is 17.1 Å². The Labute approximate surface area is 119 Å². The fourth-order valence-electron chi connectivity index (χ4n) is 3.33. The summed E-state index contributed by atoms with van der Waals surface area (Å²) in [7, 11) is 0. The standard InChI is InChI=1S/C14H25N3OS/c1-8-12(19-9(2)16-8)11(17-15)10-7-13(3,4)18-14(10,5)6/h10-11,17H,7,15H2,1-6H3. The van der Waals surface area contributed by atoms with Crippen LogP contribution in [0.4, 0.5) is 0 Å². The third-order valence-electron chi connectivity index (χ3n) is 3.95. The molecule has 3 N–H and O–H groups in total. The van der Waals surface area contributed by atoms with E-state index in [0.29, 0.717) is 5.92 Å². The molecule has 2 heterocycles. The fourth-order valence-corrected chi connectivity index (χ4v) is 4.39. The average Bonchev–Trinajstić information content (AvgIpc) is 2.66. The van der Waals surface area contributed by atoms with Crippen molar-refractivity contribution in [2.75, 3.05) is 0 Å². The Morgan fingerprint density at radius 2 is 2.00 bits per heavy atom. The van der Waals surface area contributed by atoms with E-state index in [1.54, 1.807) is 11.3 Å². The van der Waals surface area contributed by atoms with E-state index < -0.39 is 0 Å². The van der Waals surface area contributed by atoms with Gasteiger partial charge in [-0.25, -0.2) is 4.98 Å². The second-order valence-corrected chi connectivity index (χ2v) is 7.84. The summed E-state index contributed by atoms with van der Waals surface area (Å²) >= 11 is 1.73. The van der Waals surface area contributed by atoms with E-state index in [1.807, 2.05) is 6.92 Å². The molecule has 108 valence electrons. The maximum atomic E-state index is 6.19. The first-order chi connectivity index (χ1) is 8.66. The normalized spacial score (nSPS) is 26.6. The molecule has 1 aliphatic heterocycles. The molecule has 1 aromatic rings. The summed E-state index contributed by atoms with van der Waals surface area (Å²) in [6.07, 6.45) is 0.991. The van der Waals surface area contributed by atoms with Crippen LogP contribution in [-0.2, 0) is 4.74 Å². The lowest BCUT2D eigenvalue weighted by Gasteiger charge is -2.32. The van der Waals surface area contributed by atoms with Crippen LogP contribution in [0.1, 0.15) is 55.7 Å². The zero-order valence-corrected chi connectivity index (χ0v) is 13.5. The number of hydrazine groups is 1. The zero-order valence-electron chi connectivity index (χ0n) is 12.7. The molecule has 0 radical (unpaired) electrons. The van der Waals surface area contributed by atoms with Gasteiger partial charge in [0, 0.05) is 10.8 Å². The molecule has 1 aliphatic rings. The van der Waals surface area contributed by atoms with Crippen molar-refractivity contribution in [3.63, 3.8) is 0 Å². The van der Waals surface area contributed by atoms with Gasteiger partial charge in [-0.05, 0) is 48.0 Å². The van der Waals surface area contributed by atoms with Crippen LogP contribution in [0.3, 0.4) is 0 Å². The summed E-state index contributed by atoms with van der Waals surface area (Å²) < 4.78 is 6.19. The topological polar surface area (TPSA) is 60.2 Å². The van der Waals surface area contributed by atoms with Crippen molar-refractivity contribution in [2.45, 2.75) is 65.2 Å². The largest absolute Gasteiger partial charge is 0.369 e. The van der Waals surface area contributed by atoms with Crippen molar-refractivity contribution in [1.29, 1.82) is 0 Å². The van der Waals surface area contributed by atoms with E-state index in [-0.39, 0.29) is 17.2 Å². The van der Waals surface area contributed by atoms with Crippen molar-refractivity contribution in [3.05, 3.63) is 15.6 Å². The molecule has 5 heteroatoms. The Bertz CT molecular complexity index is 467. The van der Waals surface area contributed by atoms with Crippen LogP contribution >= 0.6 is 11.3 Å². The van der Waals surface area contributed by atoms with E-state index in [9.17, 15) is 0 Å². The highest BCUT2D eigenvalue weighted by atomic mass is 32.1. The van der Waals surface area contributed by atoms with Crippen LogP contribution in [-0.4, -0.2) is 16.2 Å². The van der Waals surface area contributed by atoms with Crippen molar-refractivity contribution < 1.29 is 4.74 Å². The van der Waals surface area contributed by atoms with Gasteiger partial charge in [-0.2, -0.15) is 0 Å². The average molecular weight is 283 g/mol. The van der Waals surface area contributed by atoms with Gasteiger partial charge in [0.25, 0.3) is 0 Å². The minimum absolute atomic E-state index is 0.1000. The Kier molecular flexibility index (Phi) is 3.77. The van der Waals surface area contributed by atoms with E-state index in [1.165, 1.54) is 4.88 Å². The van der Waals surface area contributed by atoms with Crippen molar-refractivity contribution in [3.8, 4) is 0 Å². The fraction of sp³-hybridized carbons (Fsp3) is 0.786. The van der Waals surface area contributed by atoms with Crippen molar-refractivity contribution in [1.82, 2.24) is 10.4 Å². The first-order valence-corrected chi connectivity index (χ1v) is 7.58. The molecule has 19 heavy (non-hydrogen) atoms. The molecule has 1 saturated heterocycles. The monoisotopic (exact) mass is 283 g/mol. The molecule has 0 bridgehead atoms. The van der Waals surface area contributed by atoms with Gasteiger partial charge in [-0.3, -0.25) is 11.3 Å². The van der Waals surface area contributed by atoms with Gasteiger partial charge in [0.1, 0.15) is 0 Å². The quantitative estimate of drug-likeness (QED) is 0.661. The van der Waals surface area contributed by atoms with E-state index >= 15 is 0 Å². The highest BCUT2D eigenvalue weighted by molar-refractivity contribution is 7.11. The molecular formula is C14H25N3OS. The molecule has 0 aliphatic carbocycles. The molecule has 0 amide bonds. The maximum Gasteiger partial charge on any atom is 0.0900 e. The minimum atomic E-state index is -0.190. The summed E-state index contributed by atoms with van der Waals surface area (Å²) in [6.45, 7) is 12.7. The number of rotatable bonds is 3. The molecule has 4 nitrogen and oxygen atoms in total. The lowest BCUT2D eigenvalue weighted by molar-refractivity contribution is -0.0778. The SMILES string of the molecule is Cc1nc(C)c(C(NN)C2CC(C)(C)OC2(C)C)s1. The molecule has 2 unspecified atom stereocenters. The third-order valence-corrected chi connectivity index (χ3v) is 5.10. The number of aryl methyl sites for hydroxylation is 2. The van der Waals surface area contributed by atoms with Crippen LogP contribution in [0.5, 0.6) is 0 Å². The Balaban J connectivity index is 2.35. The van der Waals surface area contributed by atoms with Gasteiger partial charge in [-0.15, -0.1) is 11.3 Å². The number of ether oxygens (including phenoxy) is 1. The smallest absolute Gasteiger partial charge is 0.0900 e. The second-order valence-electron chi connectivity index (χ2n) is 6.60. The summed E-state index contributed by atoms with van der Waals surface area (Å²) in [5.41, 5.74) is 3.78. The lowest BCUT2D eigenvalue weighted by atomic mass is 9.81. The van der Waals surface area contributed by atoms with Crippen LogP contribution in [0.2, 0.25) is 0 Å². The predicted molar refractivity (Wildman–Crippen MR) is 79.0 cm³/mol. The summed E-state index contributed by atoms with van der Waals surface area (Å²) in [6, 6.07) is 0.1000. The highest BCUT2D eigenvalue weighted by Gasteiger charge is 2.49. The first kappa shape index (κ1) is 14.9. The van der Waals surface area contributed by atoms with Gasteiger partial charge < -0.3 is 4.74 Å². The van der Waals surface area contributed by atoms with Gasteiger partial charge in [-0.1, -0.05) is 0 Å². The molecule has 0 spiro atoms. The number of nitrogens with zero attached hydrogens (tertiary/aromatic N) is 1. The predicted octanol–water partition coefficient (Wildman–Crippen LogP) is 2.86. The Hall–Kier alpha value is -0.490. The Morgan fingerprint density at radius 3 is 2.37 bits per heavy atom.